The van der Waals surface area contributed by atoms with Gasteiger partial charge in [0.05, 0.1) is 19.4 Å². The number of hydrogen-bond acceptors (Lipinski definition) is 4. The number of benzene rings is 1. The molecule has 2 aromatic rings. The second kappa shape index (κ2) is 9.25. The summed E-state index contributed by atoms with van der Waals surface area (Å²) < 4.78 is 10.9. The lowest BCUT2D eigenvalue weighted by Gasteiger charge is -2.33. The molecule has 0 radical (unpaired) electrons. The third-order valence-corrected chi connectivity index (χ3v) is 4.73. The van der Waals surface area contributed by atoms with Crippen molar-refractivity contribution in [2.24, 2.45) is 0 Å². The van der Waals surface area contributed by atoms with E-state index in [1.54, 1.807) is 25.5 Å². The molecule has 1 fully saturated rings. The van der Waals surface area contributed by atoms with Gasteiger partial charge in [0.25, 0.3) is 0 Å². The van der Waals surface area contributed by atoms with Crippen LogP contribution in [-0.2, 0) is 4.79 Å². The van der Waals surface area contributed by atoms with Crippen LogP contribution in [0.25, 0.3) is 6.08 Å². The average molecular weight is 354 g/mol. The maximum atomic E-state index is 12.3. The number of ether oxygens (including phenoxy) is 1. The van der Waals surface area contributed by atoms with Gasteiger partial charge in [-0.15, -0.1) is 0 Å². The fourth-order valence-corrected chi connectivity index (χ4v) is 3.35. The molecule has 26 heavy (non-hydrogen) atoms. The monoisotopic (exact) mass is 354 g/mol. The first-order valence-electron chi connectivity index (χ1n) is 9.14. The molecule has 1 aliphatic heterocycles. The number of nitrogens with zero attached hydrogens (tertiary/aromatic N) is 1. The minimum Gasteiger partial charge on any atom is -0.496 e. The van der Waals surface area contributed by atoms with E-state index in [9.17, 15) is 4.79 Å². The van der Waals surface area contributed by atoms with Crippen molar-refractivity contribution in [1.82, 2.24) is 10.2 Å². The van der Waals surface area contributed by atoms with Crippen molar-refractivity contribution in [1.29, 1.82) is 0 Å². The van der Waals surface area contributed by atoms with Crippen molar-refractivity contribution < 1.29 is 13.9 Å². The molecule has 5 heteroatoms. The first-order chi connectivity index (χ1) is 12.8. The normalized spacial score (nSPS) is 16.5. The Bertz CT molecular complexity index is 719. The zero-order valence-corrected chi connectivity index (χ0v) is 15.2. The number of carbonyl (C=O) groups excluding carboxylic acids is 1. The number of hydrogen-bond donors (Lipinski definition) is 1. The molecule has 1 saturated heterocycles. The van der Waals surface area contributed by atoms with Gasteiger partial charge in [-0.2, -0.15) is 0 Å². The highest BCUT2D eigenvalue weighted by atomic mass is 16.5. The summed E-state index contributed by atoms with van der Waals surface area (Å²) in [5.74, 6) is 1.53. The van der Waals surface area contributed by atoms with Crippen LogP contribution < -0.4 is 10.1 Å². The van der Waals surface area contributed by atoms with Gasteiger partial charge in [-0.1, -0.05) is 24.6 Å². The van der Waals surface area contributed by atoms with E-state index in [0.29, 0.717) is 6.54 Å². The predicted octanol–water partition coefficient (Wildman–Crippen LogP) is 3.64. The van der Waals surface area contributed by atoms with Crippen molar-refractivity contribution in [3.8, 4) is 5.75 Å². The Balaban J connectivity index is 1.61. The van der Waals surface area contributed by atoms with Crippen LogP contribution in [0.5, 0.6) is 5.75 Å². The summed E-state index contributed by atoms with van der Waals surface area (Å²) in [7, 11) is 1.62. The molecule has 0 aliphatic carbocycles. The molecule has 5 nitrogen and oxygen atoms in total. The Kier molecular flexibility index (Phi) is 6.50. The Morgan fingerprint density at radius 3 is 2.77 bits per heavy atom. The number of furan rings is 1. The Morgan fingerprint density at radius 1 is 1.23 bits per heavy atom. The molecule has 1 aromatic carbocycles. The molecular weight excluding hydrogens is 328 g/mol. The first kappa shape index (κ1) is 18.3. The summed E-state index contributed by atoms with van der Waals surface area (Å²) in [6.45, 7) is 2.61. The highest BCUT2D eigenvalue weighted by Crippen LogP contribution is 2.24. The van der Waals surface area contributed by atoms with E-state index in [1.165, 1.54) is 19.3 Å². The fourth-order valence-electron chi connectivity index (χ4n) is 3.35. The lowest BCUT2D eigenvalue weighted by molar-refractivity contribution is -0.116. The molecule has 1 N–H and O–H groups in total. The van der Waals surface area contributed by atoms with Crippen molar-refractivity contribution in [2.45, 2.75) is 25.3 Å². The van der Waals surface area contributed by atoms with Crippen LogP contribution >= 0.6 is 0 Å². The fraction of sp³-hybridized carbons (Fsp3) is 0.381. The van der Waals surface area contributed by atoms with Crippen LogP contribution in [0.3, 0.4) is 0 Å². The molecule has 1 amide bonds. The van der Waals surface area contributed by atoms with E-state index in [1.807, 2.05) is 36.4 Å². The molecule has 3 rings (SSSR count). The Labute approximate surface area is 154 Å². The van der Waals surface area contributed by atoms with Gasteiger partial charge in [-0.3, -0.25) is 9.69 Å². The maximum Gasteiger partial charge on any atom is 0.244 e. The molecule has 0 bridgehead atoms. The summed E-state index contributed by atoms with van der Waals surface area (Å²) in [5.41, 5.74) is 0.878. The number of likely N-dealkylation sites (tertiary alicyclic amines) is 1. The van der Waals surface area contributed by atoms with Gasteiger partial charge in [0, 0.05) is 18.2 Å². The largest absolute Gasteiger partial charge is 0.496 e. The topological polar surface area (TPSA) is 54.7 Å². The Morgan fingerprint density at radius 2 is 2.04 bits per heavy atom. The number of piperidine rings is 1. The third kappa shape index (κ3) is 4.76. The molecule has 2 heterocycles. The summed E-state index contributed by atoms with van der Waals surface area (Å²) in [5, 5.41) is 3.01. The molecule has 1 aliphatic rings. The van der Waals surface area contributed by atoms with E-state index in [4.69, 9.17) is 9.15 Å². The molecule has 0 spiro atoms. The second-order valence-electron chi connectivity index (χ2n) is 6.45. The summed E-state index contributed by atoms with van der Waals surface area (Å²) in [6.07, 6.45) is 8.67. The number of para-hydroxylation sites is 1. The van der Waals surface area contributed by atoms with Gasteiger partial charge in [-0.25, -0.2) is 0 Å². The van der Waals surface area contributed by atoms with Gasteiger partial charge >= 0.3 is 0 Å². The quantitative estimate of drug-likeness (QED) is 0.771. The lowest BCUT2D eigenvalue weighted by atomic mass is 10.1. The van der Waals surface area contributed by atoms with Gasteiger partial charge in [-0.05, 0) is 50.2 Å². The number of nitrogens with one attached hydrogen (secondary N) is 1. The van der Waals surface area contributed by atoms with Crippen LogP contribution in [0, 0.1) is 0 Å². The van der Waals surface area contributed by atoms with Gasteiger partial charge in [0.2, 0.25) is 5.91 Å². The van der Waals surface area contributed by atoms with Crippen LogP contribution in [0.15, 0.2) is 53.2 Å². The Hall–Kier alpha value is -2.53. The predicted molar refractivity (Wildman–Crippen MR) is 102 cm³/mol. The summed E-state index contributed by atoms with van der Waals surface area (Å²) in [4.78, 5) is 14.7. The van der Waals surface area contributed by atoms with Crippen LogP contribution in [0.2, 0.25) is 0 Å². The van der Waals surface area contributed by atoms with Crippen molar-refractivity contribution in [3.05, 3.63) is 60.1 Å². The standard InChI is InChI=1S/C21H26N2O3/c1-25-19-9-4-3-8-17(19)11-12-21(24)22-16-18(20-10-7-15-26-20)23-13-5-2-6-14-23/h3-4,7-12,15,18H,2,5-6,13-14,16H2,1H3,(H,22,24)/b12-11+. The minimum atomic E-state index is -0.121. The smallest absolute Gasteiger partial charge is 0.244 e. The number of amides is 1. The molecule has 1 atom stereocenters. The van der Waals surface area contributed by atoms with Crippen molar-refractivity contribution in [3.63, 3.8) is 0 Å². The van der Waals surface area contributed by atoms with E-state index < -0.39 is 0 Å². The number of methoxy groups -OCH3 is 1. The third-order valence-electron chi connectivity index (χ3n) is 4.73. The minimum absolute atomic E-state index is 0.0777. The van der Waals surface area contributed by atoms with Gasteiger partial charge in [0.15, 0.2) is 0 Å². The number of carbonyl (C=O) groups is 1. The van der Waals surface area contributed by atoms with Crippen LogP contribution in [0.4, 0.5) is 0 Å². The lowest BCUT2D eigenvalue weighted by Crippen LogP contribution is -2.40. The first-order valence-corrected chi connectivity index (χ1v) is 9.14. The highest BCUT2D eigenvalue weighted by Gasteiger charge is 2.24. The zero-order chi connectivity index (χ0) is 18.2. The second-order valence-corrected chi connectivity index (χ2v) is 6.45. The van der Waals surface area contributed by atoms with E-state index in [-0.39, 0.29) is 11.9 Å². The van der Waals surface area contributed by atoms with Crippen LogP contribution in [-0.4, -0.2) is 37.6 Å². The average Bonchev–Trinajstić information content (AvgIpc) is 3.22. The van der Waals surface area contributed by atoms with Gasteiger partial charge in [0.1, 0.15) is 11.5 Å². The molecule has 138 valence electrons. The SMILES string of the molecule is COc1ccccc1/C=C/C(=O)NCC(c1ccco1)N1CCCCC1. The van der Waals surface area contributed by atoms with Gasteiger partial charge < -0.3 is 14.5 Å². The molecular formula is C21H26N2O3. The van der Waals surface area contributed by atoms with Crippen LogP contribution in [0.1, 0.15) is 36.6 Å². The summed E-state index contributed by atoms with van der Waals surface area (Å²) in [6, 6.07) is 11.6. The zero-order valence-electron chi connectivity index (χ0n) is 15.2. The van der Waals surface area contributed by atoms with Crippen molar-refractivity contribution in [2.75, 3.05) is 26.7 Å². The van der Waals surface area contributed by atoms with E-state index >= 15 is 0 Å². The molecule has 1 aromatic heterocycles. The van der Waals surface area contributed by atoms with E-state index in [2.05, 4.69) is 10.2 Å². The maximum absolute atomic E-state index is 12.3. The molecule has 0 saturated carbocycles. The summed E-state index contributed by atoms with van der Waals surface area (Å²) >= 11 is 0. The number of rotatable bonds is 7. The molecule has 1 unspecified atom stereocenters. The van der Waals surface area contributed by atoms with E-state index in [0.717, 1.165) is 30.2 Å². The highest BCUT2D eigenvalue weighted by molar-refractivity contribution is 5.92. The van der Waals surface area contributed by atoms with Crippen molar-refractivity contribution >= 4 is 12.0 Å².